The molecular formula is C15H20N2O. The van der Waals surface area contributed by atoms with Crippen LogP contribution in [0.5, 0.6) is 5.75 Å². The van der Waals surface area contributed by atoms with Crippen molar-refractivity contribution in [3.8, 4) is 5.75 Å². The van der Waals surface area contributed by atoms with Crippen LogP contribution in [0.4, 0.5) is 0 Å². The standard InChI is InChI=1S/C15H20N2O/c1-10(16)15(17-2)13-5-4-12-9-14(18-3)7-6-11(12)8-13/h4-10,15,17H,16H2,1-3H3. The molecule has 0 saturated heterocycles. The molecule has 96 valence electrons. The van der Waals surface area contributed by atoms with E-state index < -0.39 is 0 Å². The Labute approximate surface area is 108 Å². The van der Waals surface area contributed by atoms with E-state index in [0.29, 0.717) is 0 Å². The lowest BCUT2D eigenvalue weighted by Gasteiger charge is -2.21. The summed E-state index contributed by atoms with van der Waals surface area (Å²) in [6, 6.07) is 12.8. The minimum absolute atomic E-state index is 0.0747. The lowest BCUT2D eigenvalue weighted by atomic mass is 9.98. The number of hydrogen-bond donors (Lipinski definition) is 2. The number of nitrogens with one attached hydrogen (secondary N) is 1. The largest absolute Gasteiger partial charge is 0.497 e. The van der Waals surface area contributed by atoms with Gasteiger partial charge in [-0.25, -0.2) is 0 Å². The van der Waals surface area contributed by atoms with Gasteiger partial charge in [-0.15, -0.1) is 0 Å². The maximum atomic E-state index is 5.99. The van der Waals surface area contributed by atoms with Crippen molar-refractivity contribution in [2.24, 2.45) is 5.73 Å². The Morgan fingerprint density at radius 3 is 2.39 bits per heavy atom. The Bertz CT molecular complexity index is 537. The molecule has 3 heteroatoms. The number of likely N-dealkylation sites (N-methyl/N-ethyl adjacent to an activating group) is 1. The lowest BCUT2D eigenvalue weighted by molar-refractivity contribution is 0.415. The zero-order chi connectivity index (χ0) is 13.1. The van der Waals surface area contributed by atoms with E-state index in [9.17, 15) is 0 Å². The maximum absolute atomic E-state index is 5.99. The number of rotatable bonds is 4. The van der Waals surface area contributed by atoms with Gasteiger partial charge >= 0.3 is 0 Å². The van der Waals surface area contributed by atoms with Gasteiger partial charge in [-0.3, -0.25) is 0 Å². The van der Waals surface area contributed by atoms with Gasteiger partial charge in [0.15, 0.2) is 0 Å². The highest BCUT2D eigenvalue weighted by Gasteiger charge is 2.13. The van der Waals surface area contributed by atoms with Crippen LogP contribution in [0.25, 0.3) is 10.8 Å². The third-order valence-corrected chi connectivity index (χ3v) is 3.27. The molecule has 0 aromatic heterocycles. The Morgan fingerprint density at radius 2 is 1.78 bits per heavy atom. The normalized spacial score (nSPS) is 14.4. The summed E-state index contributed by atoms with van der Waals surface area (Å²) in [6.07, 6.45) is 0. The lowest BCUT2D eigenvalue weighted by Crippen LogP contribution is -2.33. The number of benzene rings is 2. The first-order valence-corrected chi connectivity index (χ1v) is 6.16. The van der Waals surface area contributed by atoms with Crippen LogP contribution in [-0.2, 0) is 0 Å². The molecule has 2 atom stereocenters. The Kier molecular flexibility index (Phi) is 3.84. The van der Waals surface area contributed by atoms with Crippen molar-refractivity contribution in [3.05, 3.63) is 42.0 Å². The predicted molar refractivity (Wildman–Crippen MR) is 76.0 cm³/mol. The molecule has 2 unspecified atom stereocenters. The molecule has 0 bridgehead atoms. The van der Waals surface area contributed by atoms with E-state index in [2.05, 4.69) is 29.6 Å². The van der Waals surface area contributed by atoms with E-state index in [-0.39, 0.29) is 12.1 Å². The fourth-order valence-corrected chi connectivity index (χ4v) is 2.30. The van der Waals surface area contributed by atoms with E-state index >= 15 is 0 Å². The van der Waals surface area contributed by atoms with Crippen LogP contribution in [0.3, 0.4) is 0 Å². The third kappa shape index (κ3) is 2.47. The number of nitrogens with two attached hydrogens (primary N) is 1. The third-order valence-electron chi connectivity index (χ3n) is 3.27. The quantitative estimate of drug-likeness (QED) is 0.868. The van der Waals surface area contributed by atoms with Crippen LogP contribution >= 0.6 is 0 Å². The van der Waals surface area contributed by atoms with E-state index in [1.807, 2.05) is 26.1 Å². The average molecular weight is 244 g/mol. The van der Waals surface area contributed by atoms with Gasteiger partial charge in [-0.1, -0.05) is 18.2 Å². The second kappa shape index (κ2) is 5.38. The topological polar surface area (TPSA) is 47.3 Å². The summed E-state index contributed by atoms with van der Waals surface area (Å²) in [5.74, 6) is 0.882. The summed E-state index contributed by atoms with van der Waals surface area (Å²) in [4.78, 5) is 0. The highest BCUT2D eigenvalue weighted by Crippen LogP contribution is 2.25. The smallest absolute Gasteiger partial charge is 0.119 e. The summed E-state index contributed by atoms with van der Waals surface area (Å²) in [6.45, 7) is 2.01. The molecule has 2 aromatic carbocycles. The van der Waals surface area contributed by atoms with Gasteiger partial charge < -0.3 is 15.8 Å². The van der Waals surface area contributed by atoms with Crippen molar-refractivity contribution in [2.75, 3.05) is 14.2 Å². The van der Waals surface area contributed by atoms with Crippen LogP contribution < -0.4 is 15.8 Å². The van der Waals surface area contributed by atoms with Crippen molar-refractivity contribution in [1.29, 1.82) is 0 Å². The Morgan fingerprint density at radius 1 is 1.11 bits per heavy atom. The molecule has 0 spiro atoms. The van der Waals surface area contributed by atoms with Crippen molar-refractivity contribution >= 4 is 10.8 Å². The molecule has 3 nitrogen and oxygen atoms in total. The highest BCUT2D eigenvalue weighted by atomic mass is 16.5. The van der Waals surface area contributed by atoms with Crippen molar-refractivity contribution in [1.82, 2.24) is 5.32 Å². The molecule has 0 saturated carbocycles. The second-order valence-electron chi connectivity index (χ2n) is 4.60. The summed E-state index contributed by atoms with van der Waals surface area (Å²) >= 11 is 0. The second-order valence-corrected chi connectivity index (χ2v) is 4.60. The maximum Gasteiger partial charge on any atom is 0.119 e. The SMILES string of the molecule is CNC(c1ccc2cc(OC)ccc2c1)C(C)N. The van der Waals surface area contributed by atoms with E-state index in [0.717, 1.165) is 5.75 Å². The first-order chi connectivity index (χ1) is 8.65. The molecule has 0 amide bonds. The summed E-state index contributed by atoms with van der Waals surface area (Å²) in [5.41, 5.74) is 7.20. The number of hydrogen-bond acceptors (Lipinski definition) is 3. The fraction of sp³-hybridized carbons (Fsp3) is 0.333. The van der Waals surface area contributed by atoms with Crippen molar-refractivity contribution in [2.45, 2.75) is 19.0 Å². The first kappa shape index (κ1) is 12.9. The minimum Gasteiger partial charge on any atom is -0.497 e. The molecule has 0 fully saturated rings. The molecule has 18 heavy (non-hydrogen) atoms. The van der Waals surface area contributed by atoms with Gasteiger partial charge in [0.25, 0.3) is 0 Å². The van der Waals surface area contributed by atoms with Crippen LogP contribution in [0.2, 0.25) is 0 Å². The monoisotopic (exact) mass is 244 g/mol. The zero-order valence-electron chi connectivity index (χ0n) is 11.1. The van der Waals surface area contributed by atoms with Gasteiger partial charge in [-0.2, -0.15) is 0 Å². The van der Waals surface area contributed by atoms with Gasteiger partial charge in [0.1, 0.15) is 5.75 Å². The van der Waals surface area contributed by atoms with Gasteiger partial charge in [-0.05, 0) is 48.5 Å². The van der Waals surface area contributed by atoms with E-state index in [1.165, 1.54) is 16.3 Å². The molecule has 0 aliphatic carbocycles. The summed E-state index contributed by atoms with van der Waals surface area (Å²) in [7, 11) is 3.62. The van der Waals surface area contributed by atoms with Crippen LogP contribution in [0.15, 0.2) is 36.4 Å². The van der Waals surface area contributed by atoms with Crippen LogP contribution in [0.1, 0.15) is 18.5 Å². The number of methoxy groups -OCH3 is 1. The van der Waals surface area contributed by atoms with Gasteiger partial charge in [0, 0.05) is 12.1 Å². The predicted octanol–water partition coefficient (Wildman–Crippen LogP) is 2.46. The molecule has 2 rings (SSSR count). The molecule has 2 aromatic rings. The average Bonchev–Trinajstić information content (AvgIpc) is 2.38. The highest BCUT2D eigenvalue weighted by molar-refractivity contribution is 5.84. The number of fused-ring (bicyclic) bond motifs is 1. The number of ether oxygens (including phenoxy) is 1. The molecular weight excluding hydrogens is 224 g/mol. The Balaban J connectivity index is 2.44. The molecule has 0 heterocycles. The van der Waals surface area contributed by atoms with Crippen LogP contribution in [-0.4, -0.2) is 20.2 Å². The van der Waals surface area contributed by atoms with E-state index in [1.54, 1.807) is 7.11 Å². The van der Waals surface area contributed by atoms with Crippen molar-refractivity contribution in [3.63, 3.8) is 0 Å². The molecule has 3 N–H and O–H groups in total. The molecule has 0 aliphatic rings. The van der Waals surface area contributed by atoms with Crippen molar-refractivity contribution < 1.29 is 4.74 Å². The van der Waals surface area contributed by atoms with Crippen LogP contribution in [0, 0.1) is 0 Å². The molecule has 0 aliphatic heterocycles. The minimum atomic E-state index is 0.0747. The van der Waals surface area contributed by atoms with Gasteiger partial charge in [0.05, 0.1) is 7.11 Å². The van der Waals surface area contributed by atoms with Gasteiger partial charge in [0.2, 0.25) is 0 Å². The summed E-state index contributed by atoms with van der Waals surface area (Å²) < 4.78 is 5.23. The Hall–Kier alpha value is -1.58. The van der Waals surface area contributed by atoms with E-state index in [4.69, 9.17) is 10.5 Å². The zero-order valence-corrected chi connectivity index (χ0v) is 11.1. The fourth-order valence-electron chi connectivity index (χ4n) is 2.30. The summed E-state index contributed by atoms with van der Waals surface area (Å²) in [5, 5.41) is 5.64. The first-order valence-electron chi connectivity index (χ1n) is 6.16. The molecule has 0 radical (unpaired) electrons.